The maximum Gasteiger partial charge on any atom is 0.264 e. The van der Waals surface area contributed by atoms with Crippen LogP contribution in [-0.4, -0.2) is 31.0 Å². The van der Waals surface area contributed by atoms with Crippen LogP contribution in [0.1, 0.15) is 24.6 Å². The minimum absolute atomic E-state index is 0.0987. The zero-order valence-corrected chi connectivity index (χ0v) is 16.0. The Bertz CT molecular complexity index is 1070. The average Bonchev–Trinajstić information content (AvgIpc) is 3.21. The Morgan fingerprint density at radius 2 is 2.14 bits per heavy atom. The van der Waals surface area contributed by atoms with E-state index >= 15 is 0 Å². The summed E-state index contributed by atoms with van der Waals surface area (Å²) < 4.78 is 1.59. The third-order valence-electron chi connectivity index (χ3n) is 4.62. The van der Waals surface area contributed by atoms with Crippen LogP contribution >= 0.6 is 11.6 Å². The van der Waals surface area contributed by atoms with Crippen LogP contribution in [0.15, 0.2) is 61.1 Å². The number of benzene rings is 1. The van der Waals surface area contributed by atoms with Gasteiger partial charge in [-0.05, 0) is 31.2 Å². The molecule has 1 aromatic carbocycles. The zero-order chi connectivity index (χ0) is 19.9. The van der Waals surface area contributed by atoms with Crippen molar-refractivity contribution in [3.05, 3.63) is 77.4 Å². The fourth-order valence-corrected chi connectivity index (χ4v) is 3.82. The molecule has 0 spiro atoms. The molecule has 0 fully saturated rings. The van der Waals surface area contributed by atoms with Gasteiger partial charge in [-0.3, -0.25) is 9.78 Å². The normalized spacial score (nSPS) is 18.4. The van der Waals surface area contributed by atoms with E-state index in [0.717, 1.165) is 5.69 Å². The number of hydrogen-bond acceptors (Lipinski definition) is 5. The van der Waals surface area contributed by atoms with E-state index in [1.807, 2.05) is 6.07 Å². The van der Waals surface area contributed by atoms with E-state index in [1.54, 1.807) is 54.5 Å². The number of aliphatic hydroxyl groups is 1. The first kappa shape index (κ1) is 18.3. The van der Waals surface area contributed by atoms with Crippen molar-refractivity contribution >= 4 is 23.2 Å². The van der Waals surface area contributed by atoms with Crippen LogP contribution in [0.4, 0.5) is 5.69 Å². The standard InChI is InChI=1S/C20H18ClN5O2/c1-13(2)9-20(28)18-16(21)6-3-7-17(18)25(19(20)27)11-14-12-26(24-23-14)15-5-4-8-22-10-15/h3-8,10,12,28H,1,9,11H2,2H3/t20-/m1/s1. The monoisotopic (exact) mass is 395 g/mol. The van der Waals surface area contributed by atoms with Crippen LogP contribution < -0.4 is 4.90 Å². The molecule has 0 aliphatic carbocycles. The second-order valence-corrected chi connectivity index (χ2v) is 7.29. The Balaban J connectivity index is 1.70. The van der Waals surface area contributed by atoms with Crippen LogP contribution in [0.25, 0.3) is 5.69 Å². The van der Waals surface area contributed by atoms with Gasteiger partial charge in [-0.15, -0.1) is 11.7 Å². The maximum atomic E-state index is 13.2. The SMILES string of the molecule is C=C(C)C[C@]1(O)C(=O)N(Cc2cn(-c3cccnc3)nn2)c2cccc(Cl)c21. The lowest BCUT2D eigenvalue weighted by Crippen LogP contribution is -2.40. The summed E-state index contributed by atoms with van der Waals surface area (Å²) in [6.45, 7) is 5.77. The molecule has 1 N–H and O–H groups in total. The lowest BCUT2D eigenvalue weighted by Gasteiger charge is -2.23. The van der Waals surface area contributed by atoms with Gasteiger partial charge in [0.1, 0.15) is 5.69 Å². The first-order chi connectivity index (χ1) is 13.4. The molecule has 28 heavy (non-hydrogen) atoms. The highest BCUT2D eigenvalue weighted by Gasteiger charge is 2.51. The minimum Gasteiger partial charge on any atom is -0.375 e. The molecule has 1 aliphatic rings. The van der Waals surface area contributed by atoms with Crippen LogP contribution in [0.2, 0.25) is 5.02 Å². The van der Waals surface area contributed by atoms with Gasteiger partial charge in [0.25, 0.3) is 5.91 Å². The highest BCUT2D eigenvalue weighted by Crippen LogP contribution is 2.47. The highest BCUT2D eigenvalue weighted by molar-refractivity contribution is 6.33. The summed E-state index contributed by atoms with van der Waals surface area (Å²) in [5.41, 5.74) is 1.25. The lowest BCUT2D eigenvalue weighted by atomic mass is 9.89. The fourth-order valence-electron chi connectivity index (χ4n) is 3.49. The van der Waals surface area contributed by atoms with Crippen molar-refractivity contribution in [1.29, 1.82) is 0 Å². The molecule has 1 amide bonds. The molecule has 1 aliphatic heterocycles. The Hall–Kier alpha value is -3.03. The Morgan fingerprint density at radius 1 is 1.32 bits per heavy atom. The van der Waals surface area contributed by atoms with Gasteiger partial charge in [0.15, 0.2) is 5.60 Å². The molecule has 0 bridgehead atoms. The second kappa shape index (κ2) is 6.85. The predicted molar refractivity (Wildman–Crippen MR) is 105 cm³/mol. The third kappa shape index (κ3) is 2.98. The van der Waals surface area contributed by atoms with Gasteiger partial charge in [0.2, 0.25) is 0 Å². The number of pyridine rings is 1. The highest BCUT2D eigenvalue weighted by atomic mass is 35.5. The van der Waals surface area contributed by atoms with Gasteiger partial charge in [0, 0.05) is 23.2 Å². The van der Waals surface area contributed by atoms with E-state index in [-0.39, 0.29) is 13.0 Å². The second-order valence-electron chi connectivity index (χ2n) is 6.89. The molecule has 4 rings (SSSR count). The first-order valence-electron chi connectivity index (χ1n) is 8.69. The van der Waals surface area contributed by atoms with Gasteiger partial charge in [-0.25, -0.2) is 4.68 Å². The molecular formula is C20H18ClN5O2. The summed E-state index contributed by atoms with van der Waals surface area (Å²) in [5, 5.41) is 19.8. The maximum absolute atomic E-state index is 13.2. The van der Waals surface area contributed by atoms with Gasteiger partial charge >= 0.3 is 0 Å². The number of aromatic nitrogens is 4. The van der Waals surface area contributed by atoms with E-state index < -0.39 is 11.5 Å². The molecule has 7 nitrogen and oxygen atoms in total. The summed E-state index contributed by atoms with van der Waals surface area (Å²) in [6.07, 6.45) is 5.17. The minimum atomic E-state index is -1.74. The van der Waals surface area contributed by atoms with Crippen LogP contribution in [0.5, 0.6) is 0 Å². The number of amides is 1. The molecule has 2 aromatic heterocycles. The van der Waals surface area contributed by atoms with Crippen molar-refractivity contribution in [2.45, 2.75) is 25.5 Å². The summed E-state index contributed by atoms with van der Waals surface area (Å²) in [6, 6.07) is 8.84. The van der Waals surface area contributed by atoms with Crippen molar-refractivity contribution < 1.29 is 9.90 Å². The number of carbonyl (C=O) groups is 1. The molecule has 0 unspecified atom stereocenters. The van der Waals surface area contributed by atoms with E-state index in [9.17, 15) is 9.90 Å². The molecule has 1 atom stereocenters. The van der Waals surface area contributed by atoms with E-state index in [1.165, 1.54) is 4.90 Å². The number of halogens is 1. The van der Waals surface area contributed by atoms with Gasteiger partial charge in [-0.2, -0.15) is 0 Å². The molecular weight excluding hydrogens is 378 g/mol. The molecule has 0 saturated heterocycles. The number of carbonyl (C=O) groups excluding carboxylic acids is 1. The molecule has 3 aromatic rings. The molecule has 3 heterocycles. The van der Waals surface area contributed by atoms with Crippen molar-refractivity contribution in [3.8, 4) is 5.69 Å². The molecule has 8 heteroatoms. The third-order valence-corrected chi connectivity index (χ3v) is 4.94. The topological polar surface area (TPSA) is 84.1 Å². The Morgan fingerprint density at radius 3 is 2.86 bits per heavy atom. The summed E-state index contributed by atoms with van der Waals surface area (Å²) in [5.74, 6) is -0.450. The molecule has 142 valence electrons. The van der Waals surface area contributed by atoms with Gasteiger partial charge in [0.05, 0.1) is 30.3 Å². The number of nitrogens with zero attached hydrogens (tertiary/aromatic N) is 5. The predicted octanol–water partition coefficient (Wildman–Crippen LogP) is 3.02. The van der Waals surface area contributed by atoms with Crippen molar-refractivity contribution in [1.82, 2.24) is 20.0 Å². The summed E-state index contributed by atoms with van der Waals surface area (Å²) in [4.78, 5) is 18.7. The summed E-state index contributed by atoms with van der Waals surface area (Å²) in [7, 11) is 0. The van der Waals surface area contributed by atoms with E-state index in [2.05, 4.69) is 21.9 Å². The number of rotatable bonds is 5. The summed E-state index contributed by atoms with van der Waals surface area (Å²) >= 11 is 6.35. The number of anilines is 1. The Labute approximate surface area is 166 Å². The van der Waals surface area contributed by atoms with Crippen LogP contribution in [-0.2, 0) is 16.9 Å². The Kier molecular flexibility index (Phi) is 4.49. The van der Waals surface area contributed by atoms with Crippen molar-refractivity contribution in [2.75, 3.05) is 4.90 Å². The van der Waals surface area contributed by atoms with Crippen molar-refractivity contribution in [2.24, 2.45) is 0 Å². The van der Waals surface area contributed by atoms with Crippen molar-refractivity contribution in [3.63, 3.8) is 0 Å². The largest absolute Gasteiger partial charge is 0.375 e. The van der Waals surface area contributed by atoms with Crippen LogP contribution in [0, 0.1) is 0 Å². The van der Waals surface area contributed by atoms with E-state index in [4.69, 9.17) is 11.6 Å². The lowest BCUT2D eigenvalue weighted by molar-refractivity contribution is -0.136. The van der Waals surface area contributed by atoms with Gasteiger partial charge < -0.3 is 10.0 Å². The fraction of sp³-hybridized carbons (Fsp3) is 0.200. The number of fused-ring (bicyclic) bond motifs is 1. The quantitative estimate of drug-likeness (QED) is 0.671. The zero-order valence-electron chi connectivity index (χ0n) is 15.2. The molecule has 0 radical (unpaired) electrons. The van der Waals surface area contributed by atoms with Crippen LogP contribution in [0.3, 0.4) is 0 Å². The van der Waals surface area contributed by atoms with Gasteiger partial charge in [-0.1, -0.05) is 28.5 Å². The average molecular weight is 396 g/mol. The smallest absolute Gasteiger partial charge is 0.264 e. The van der Waals surface area contributed by atoms with E-state index in [0.29, 0.717) is 27.5 Å². The number of hydrogen-bond donors (Lipinski definition) is 1. The molecule has 0 saturated carbocycles. The first-order valence-corrected chi connectivity index (χ1v) is 9.07.